The molecular formula is C11H8F3N3OS. The van der Waals surface area contributed by atoms with Crippen molar-refractivity contribution >= 4 is 34.8 Å². The smallest absolute Gasteiger partial charge is 0.284 e. The Labute approximate surface area is 111 Å². The van der Waals surface area contributed by atoms with Gasteiger partial charge in [-0.2, -0.15) is 13.2 Å². The lowest BCUT2D eigenvalue weighted by atomic mass is 10.2. The fourth-order valence-corrected chi connectivity index (χ4v) is 1.80. The number of amidine groups is 1. The molecule has 1 aliphatic heterocycles. The number of nitrogens with one attached hydrogen (secondary N) is 1. The highest BCUT2D eigenvalue weighted by Gasteiger charge is 2.37. The Morgan fingerprint density at radius 3 is 2.11 bits per heavy atom. The van der Waals surface area contributed by atoms with E-state index in [2.05, 4.69) is 0 Å². The summed E-state index contributed by atoms with van der Waals surface area (Å²) < 4.78 is 37.3. The molecule has 0 unspecified atom stereocenters. The maximum absolute atomic E-state index is 12.4. The zero-order chi connectivity index (χ0) is 14.4. The summed E-state index contributed by atoms with van der Waals surface area (Å²) in [5.41, 5.74) is -0.639. The van der Waals surface area contributed by atoms with E-state index >= 15 is 0 Å². The summed E-state index contributed by atoms with van der Waals surface area (Å²) in [6.07, 6.45) is -4.44. The Hall–Kier alpha value is -1.96. The van der Waals surface area contributed by atoms with Crippen LogP contribution in [0, 0.1) is 5.41 Å². The molecule has 1 N–H and O–H groups in total. The van der Waals surface area contributed by atoms with Gasteiger partial charge in [-0.25, -0.2) is 9.69 Å². The number of carbonyl (C=O) groups excluding carboxylic acids is 1. The first kappa shape index (κ1) is 13.5. The van der Waals surface area contributed by atoms with Gasteiger partial charge in [0.2, 0.25) is 0 Å². The van der Waals surface area contributed by atoms with Crippen LogP contribution in [0.5, 0.6) is 0 Å². The number of anilines is 1. The quantitative estimate of drug-likeness (QED) is 0.807. The average Bonchev–Trinajstić information content (AvgIpc) is 2.53. The van der Waals surface area contributed by atoms with Crippen molar-refractivity contribution in [3.63, 3.8) is 0 Å². The molecule has 4 nitrogen and oxygen atoms in total. The summed E-state index contributed by atoms with van der Waals surface area (Å²) >= 11 is 4.86. The van der Waals surface area contributed by atoms with Crippen LogP contribution in [0.4, 0.5) is 23.7 Å². The van der Waals surface area contributed by atoms with Crippen LogP contribution in [-0.4, -0.2) is 28.8 Å². The zero-order valence-electron chi connectivity index (χ0n) is 9.65. The van der Waals surface area contributed by atoms with Crippen molar-refractivity contribution < 1.29 is 18.0 Å². The second kappa shape index (κ2) is 4.30. The number of amides is 2. The summed E-state index contributed by atoms with van der Waals surface area (Å²) in [6, 6.07) is 3.43. The summed E-state index contributed by atoms with van der Waals surface area (Å²) in [6.45, 7) is 0. The second-order valence-electron chi connectivity index (χ2n) is 3.88. The van der Waals surface area contributed by atoms with Gasteiger partial charge in [-0.15, -0.1) is 0 Å². The standard InChI is InChI=1S/C11H8F3N3OS/c1-16-9(19)8(15)17(10(16)18)7-4-2-6(3-5-7)11(12,13)14/h2-5,15H,1H3. The lowest BCUT2D eigenvalue weighted by molar-refractivity contribution is -0.137. The van der Waals surface area contributed by atoms with Crippen LogP contribution in [-0.2, 0) is 6.18 Å². The first-order chi connectivity index (χ1) is 8.73. The van der Waals surface area contributed by atoms with Crippen molar-refractivity contribution in [2.75, 3.05) is 11.9 Å². The third kappa shape index (κ3) is 2.19. The van der Waals surface area contributed by atoms with Crippen LogP contribution < -0.4 is 4.90 Å². The summed E-state index contributed by atoms with van der Waals surface area (Å²) in [7, 11) is 1.41. The molecule has 1 heterocycles. The van der Waals surface area contributed by atoms with Crippen molar-refractivity contribution in [3.8, 4) is 0 Å². The number of carbonyl (C=O) groups is 1. The Balaban J connectivity index is 2.36. The van der Waals surface area contributed by atoms with E-state index in [0.717, 1.165) is 34.1 Å². The molecule has 1 aromatic rings. The van der Waals surface area contributed by atoms with Crippen molar-refractivity contribution in [1.29, 1.82) is 5.41 Å². The molecular weight excluding hydrogens is 279 g/mol. The molecule has 0 radical (unpaired) electrons. The lowest BCUT2D eigenvalue weighted by Gasteiger charge is -2.15. The highest BCUT2D eigenvalue weighted by molar-refractivity contribution is 7.82. The van der Waals surface area contributed by atoms with Gasteiger partial charge in [0.05, 0.1) is 11.3 Å². The van der Waals surface area contributed by atoms with E-state index in [4.69, 9.17) is 17.6 Å². The fourth-order valence-electron chi connectivity index (χ4n) is 1.63. The topological polar surface area (TPSA) is 47.4 Å². The number of thiocarbonyl (C=S) groups is 1. The van der Waals surface area contributed by atoms with Crippen LogP contribution in [0.25, 0.3) is 0 Å². The normalized spacial score (nSPS) is 16.5. The second-order valence-corrected chi connectivity index (χ2v) is 4.26. The van der Waals surface area contributed by atoms with E-state index in [-0.39, 0.29) is 16.5 Å². The summed E-state index contributed by atoms with van der Waals surface area (Å²) in [5, 5.41) is 7.69. The number of alkyl halides is 3. The average molecular weight is 287 g/mol. The van der Waals surface area contributed by atoms with Gasteiger partial charge in [-0.1, -0.05) is 12.2 Å². The van der Waals surface area contributed by atoms with Gasteiger partial charge in [0, 0.05) is 7.05 Å². The molecule has 2 amide bonds. The number of urea groups is 1. The maximum Gasteiger partial charge on any atom is 0.416 e. The molecule has 0 atom stereocenters. The summed E-state index contributed by atoms with van der Waals surface area (Å²) in [5.74, 6) is -0.220. The van der Waals surface area contributed by atoms with E-state index in [1.54, 1.807) is 0 Å². The Morgan fingerprint density at radius 1 is 1.21 bits per heavy atom. The molecule has 2 rings (SSSR count). The minimum atomic E-state index is -4.44. The number of benzene rings is 1. The molecule has 19 heavy (non-hydrogen) atoms. The van der Waals surface area contributed by atoms with Gasteiger partial charge >= 0.3 is 12.2 Å². The molecule has 0 aromatic heterocycles. The number of hydrogen-bond donors (Lipinski definition) is 1. The van der Waals surface area contributed by atoms with E-state index in [1.807, 2.05) is 0 Å². The molecule has 100 valence electrons. The lowest BCUT2D eigenvalue weighted by Crippen LogP contribution is -2.31. The van der Waals surface area contributed by atoms with E-state index in [9.17, 15) is 18.0 Å². The molecule has 0 bridgehead atoms. The van der Waals surface area contributed by atoms with Crippen molar-refractivity contribution in [2.45, 2.75) is 6.18 Å². The Bertz CT molecular complexity index is 568. The third-order valence-corrected chi connectivity index (χ3v) is 3.13. The van der Waals surface area contributed by atoms with E-state index in [1.165, 1.54) is 7.05 Å². The van der Waals surface area contributed by atoms with Gasteiger partial charge in [0.1, 0.15) is 0 Å². The van der Waals surface area contributed by atoms with Gasteiger partial charge < -0.3 is 0 Å². The van der Waals surface area contributed by atoms with Crippen molar-refractivity contribution in [1.82, 2.24) is 4.90 Å². The Morgan fingerprint density at radius 2 is 1.74 bits per heavy atom. The van der Waals surface area contributed by atoms with Gasteiger partial charge in [-0.05, 0) is 24.3 Å². The highest BCUT2D eigenvalue weighted by Crippen LogP contribution is 2.31. The van der Waals surface area contributed by atoms with Gasteiger partial charge in [-0.3, -0.25) is 10.3 Å². The number of halogens is 3. The van der Waals surface area contributed by atoms with Crippen molar-refractivity contribution in [2.24, 2.45) is 0 Å². The number of likely N-dealkylation sites (N-methyl/N-ethyl adjacent to an activating group) is 1. The van der Waals surface area contributed by atoms with Crippen LogP contribution in [0.1, 0.15) is 5.56 Å². The third-order valence-electron chi connectivity index (χ3n) is 2.66. The number of hydrogen-bond acceptors (Lipinski definition) is 3. The number of nitrogens with zero attached hydrogens (tertiary/aromatic N) is 2. The Kier molecular flexibility index (Phi) is 3.05. The molecule has 1 fully saturated rings. The molecule has 0 spiro atoms. The van der Waals surface area contributed by atoms with Gasteiger partial charge in [0.25, 0.3) is 0 Å². The molecule has 8 heteroatoms. The van der Waals surface area contributed by atoms with Crippen LogP contribution in [0.15, 0.2) is 24.3 Å². The van der Waals surface area contributed by atoms with E-state index in [0.29, 0.717) is 0 Å². The minimum absolute atomic E-state index is 0.0323. The first-order valence-electron chi connectivity index (χ1n) is 5.11. The fraction of sp³-hybridized carbons (Fsp3) is 0.182. The van der Waals surface area contributed by atoms with Crippen LogP contribution in [0.2, 0.25) is 0 Å². The molecule has 1 aromatic carbocycles. The summed E-state index contributed by atoms with van der Waals surface area (Å²) in [4.78, 5) is 13.9. The van der Waals surface area contributed by atoms with Crippen molar-refractivity contribution in [3.05, 3.63) is 29.8 Å². The van der Waals surface area contributed by atoms with Crippen LogP contribution in [0.3, 0.4) is 0 Å². The largest absolute Gasteiger partial charge is 0.416 e. The predicted molar refractivity (Wildman–Crippen MR) is 67.4 cm³/mol. The maximum atomic E-state index is 12.4. The molecule has 1 saturated heterocycles. The number of rotatable bonds is 1. The van der Waals surface area contributed by atoms with Crippen LogP contribution >= 0.6 is 12.2 Å². The van der Waals surface area contributed by atoms with E-state index < -0.39 is 17.8 Å². The molecule has 1 aliphatic rings. The first-order valence-corrected chi connectivity index (χ1v) is 5.52. The SMILES string of the molecule is CN1C(=O)N(c2ccc(C(F)(F)F)cc2)C(=N)C1=S. The highest BCUT2D eigenvalue weighted by atomic mass is 32.1. The zero-order valence-corrected chi connectivity index (χ0v) is 10.5. The van der Waals surface area contributed by atoms with Gasteiger partial charge in [0.15, 0.2) is 10.8 Å². The monoisotopic (exact) mass is 287 g/mol. The minimum Gasteiger partial charge on any atom is -0.284 e. The molecule has 0 aliphatic carbocycles. The predicted octanol–water partition coefficient (Wildman–Crippen LogP) is 2.88. The molecule has 0 saturated carbocycles.